The van der Waals surface area contributed by atoms with Crippen molar-refractivity contribution in [2.45, 2.75) is 38.4 Å². The van der Waals surface area contributed by atoms with Crippen molar-refractivity contribution < 1.29 is 0 Å². The normalized spacial score (nSPS) is 27.8. The van der Waals surface area contributed by atoms with Crippen molar-refractivity contribution in [1.29, 1.82) is 0 Å². The summed E-state index contributed by atoms with van der Waals surface area (Å²) in [4.78, 5) is 6.64. The molecule has 1 aliphatic rings. The number of aryl methyl sites for hydroxylation is 1. The summed E-state index contributed by atoms with van der Waals surface area (Å²) in [6.07, 6.45) is 4.86. The van der Waals surface area contributed by atoms with Gasteiger partial charge in [-0.15, -0.1) is 0 Å². The zero-order valence-corrected chi connectivity index (χ0v) is 9.72. The molecule has 1 saturated heterocycles. The maximum Gasteiger partial charge on any atom is 0.0946 e. The Morgan fingerprint density at radius 3 is 2.80 bits per heavy atom. The van der Waals surface area contributed by atoms with E-state index >= 15 is 0 Å². The minimum atomic E-state index is 0.239. The molecule has 2 N–H and O–H groups in total. The van der Waals surface area contributed by atoms with Crippen LogP contribution in [0.4, 0.5) is 0 Å². The largest absolute Gasteiger partial charge is 0.336 e. The Hall–Kier alpha value is -0.870. The third-order valence-electron chi connectivity index (χ3n) is 3.30. The predicted molar refractivity (Wildman–Crippen MR) is 60.4 cm³/mol. The van der Waals surface area contributed by atoms with Gasteiger partial charge in [-0.2, -0.15) is 0 Å². The average Bonchev–Trinajstić information content (AvgIpc) is 2.71. The number of aromatic nitrogens is 2. The molecule has 2 rings (SSSR count). The van der Waals surface area contributed by atoms with Gasteiger partial charge >= 0.3 is 0 Å². The number of nitrogens with two attached hydrogens (primary N) is 1. The van der Waals surface area contributed by atoms with Gasteiger partial charge in [-0.3, -0.25) is 4.90 Å². The number of likely N-dealkylation sites (tertiary alicyclic amines) is 1. The van der Waals surface area contributed by atoms with Gasteiger partial charge in [-0.1, -0.05) is 0 Å². The maximum atomic E-state index is 6.18. The smallest absolute Gasteiger partial charge is 0.0946 e. The highest BCUT2D eigenvalue weighted by Gasteiger charge is 2.35. The third-order valence-corrected chi connectivity index (χ3v) is 3.30. The van der Waals surface area contributed by atoms with Gasteiger partial charge in [0.25, 0.3) is 0 Å². The van der Waals surface area contributed by atoms with Crippen LogP contribution >= 0.6 is 0 Å². The number of rotatable bonds is 2. The Labute approximate surface area is 91.1 Å². The van der Waals surface area contributed by atoms with Crippen molar-refractivity contribution in [2.75, 3.05) is 6.54 Å². The molecule has 1 aromatic heterocycles. The SMILES string of the molecule is CC(C)N1CC[C@H](N)[C@H]1c1cncn1C. The lowest BCUT2D eigenvalue weighted by Gasteiger charge is -2.30. The van der Waals surface area contributed by atoms with Crippen LogP contribution < -0.4 is 5.73 Å². The molecule has 1 aliphatic heterocycles. The van der Waals surface area contributed by atoms with Crippen LogP contribution in [0.15, 0.2) is 12.5 Å². The molecule has 0 aliphatic carbocycles. The molecule has 0 bridgehead atoms. The molecule has 4 heteroatoms. The Morgan fingerprint density at radius 1 is 1.53 bits per heavy atom. The zero-order valence-electron chi connectivity index (χ0n) is 9.72. The highest BCUT2D eigenvalue weighted by atomic mass is 15.2. The quantitative estimate of drug-likeness (QED) is 0.785. The number of hydrogen-bond acceptors (Lipinski definition) is 3. The van der Waals surface area contributed by atoms with Gasteiger partial charge < -0.3 is 10.3 Å². The summed E-state index contributed by atoms with van der Waals surface area (Å²) < 4.78 is 2.07. The van der Waals surface area contributed by atoms with Gasteiger partial charge in [0.2, 0.25) is 0 Å². The fourth-order valence-corrected chi connectivity index (χ4v) is 2.46. The molecule has 4 nitrogen and oxygen atoms in total. The number of hydrogen-bond donors (Lipinski definition) is 1. The standard InChI is InChI=1S/C11H20N4/c1-8(2)15-5-4-9(12)11(15)10-6-13-7-14(10)3/h6-9,11H,4-5,12H2,1-3H3/t9-,11-/m0/s1. The highest BCUT2D eigenvalue weighted by Crippen LogP contribution is 2.32. The monoisotopic (exact) mass is 208 g/mol. The van der Waals surface area contributed by atoms with E-state index in [1.807, 2.05) is 19.6 Å². The summed E-state index contributed by atoms with van der Waals surface area (Å²) in [5.41, 5.74) is 7.41. The van der Waals surface area contributed by atoms with E-state index in [2.05, 4.69) is 28.3 Å². The Morgan fingerprint density at radius 2 is 2.27 bits per heavy atom. The fraction of sp³-hybridized carbons (Fsp3) is 0.727. The Bertz CT molecular complexity index is 331. The van der Waals surface area contributed by atoms with Gasteiger partial charge in [-0.25, -0.2) is 4.98 Å². The molecule has 0 saturated carbocycles. The first kappa shape index (κ1) is 10.6. The fourth-order valence-electron chi connectivity index (χ4n) is 2.46. The van der Waals surface area contributed by atoms with E-state index in [0.29, 0.717) is 12.1 Å². The second kappa shape index (κ2) is 3.94. The third kappa shape index (κ3) is 1.79. The highest BCUT2D eigenvalue weighted by molar-refractivity contribution is 5.11. The van der Waals surface area contributed by atoms with Gasteiger partial charge in [0, 0.05) is 31.9 Å². The van der Waals surface area contributed by atoms with Crippen molar-refractivity contribution in [1.82, 2.24) is 14.5 Å². The molecule has 15 heavy (non-hydrogen) atoms. The molecular weight excluding hydrogens is 188 g/mol. The predicted octanol–water partition coefficient (Wildman–Crippen LogP) is 0.903. The van der Waals surface area contributed by atoms with Crippen molar-refractivity contribution in [3.8, 4) is 0 Å². The van der Waals surface area contributed by atoms with E-state index in [1.165, 1.54) is 5.69 Å². The van der Waals surface area contributed by atoms with E-state index < -0.39 is 0 Å². The molecule has 84 valence electrons. The lowest BCUT2D eigenvalue weighted by molar-refractivity contribution is 0.192. The zero-order chi connectivity index (χ0) is 11.0. The van der Waals surface area contributed by atoms with E-state index in [0.717, 1.165) is 13.0 Å². The topological polar surface area (TPSA) is 47.1 Å². The minimum Gasteiger partial charge on any atom is -0.336 e. The number of imidazole rings is 1. The molecule has 0 amide bonds. The van der Waals surface area contributed by atoms with Gasteiger partial charge in [-0.05, 0) is 20.3 Å². The Kier molecular flexibility index (Phi) is 2.80. The molecule has 0 spiro atoms. The first-order valence-electron chi connectivity index (χ1n) is 5.59. The van der Waals surface area contributed by atoms with Gasteiger partial charge in [0.15, 0.2) is 0 Å². The van der Waals surface area contributed by atoms with Crippen LogP contribution in [0.1, 0.15) is 32.0 Å². The Balaban J connectivity index is 2.29. The minimum absolute atomic E-state index is 0.239. The van der Waals surface area contributed by atoms with Gasteiger partial charge in [0.1, 0.15) is 0 Å². The second-order valence-electron chi connectivity index (χ2n) is 4.66. The van der Waals surface area contributed by atoms with Crippen LogP contribution in [0.5, 0.6) is 0 Å². The summed E-state index contributed by atoms with van der Waals surface area (Å²) in [6.45, 7) is 5.54. The van der Waals surface area contributed by atoms with Crippen molar-refractivity contribution in [2.24, 2.45) is 12.8 Å². The van der Waals surface area contributed by atoms with Gasteiger partial charge in [0.05, 0.1) is 18.1 Å². The summed E-state index contributed by atoms with van der Waals surface area (Å²) >= 11 is 0. The molecular formula is C11H20N4. The summed E-state index contributed by atoms with van der Waals surface area (Å²) in [6, 6.07) is 1.11. The lowest BCUT2D eigenvalue weighted by atomic mass is 10.1. The van der Waals surface area contributed by atoms with Crippen molar-refractivity contribution in [3.63, 3.8) is 0 Å². The summed E-state index contributed by atoms with van der Waals surface area (Å²) in [5.74, 6) is 0. The lowest BCUT2D eigenvalue weighted by Crippen LogP contribution is -2.36. The van der Waals surface area contributed by atoms with Crippen LogP contribution in [0, 0.1) is 0 Å². The molecule has 1 fully saturated rings. The van der Waals surface area contributed by atoms with E-state index in [-0.39, 0.29) is 6.04 Å². The van der Waals surface area contributed by atoms with Crippen LogP contribution in [0.3, 0.4) is 0 Å². The first-order chi connectivity index (χ1) is 7.11. The van der Waals surface area contributed by atoms with E-state index in [1.54, 1.807) is 0 Å². The second-order valence-corrected chi connectivity index (χ2v) is 4.66. The van der Waals surface area contributed by atoms with Crippen molar-refractivity contribution >= 4 is 0 Å². The van der Waals surface area contributed by atoms with Crippen LogP contribution in [0.25, 0.3) is 0 Å². The molecule has 2 heterocycles. The van der Waals surface area contributed by atoms with Crippen LogP contribution in [-0.4, -0.2) is 33.1 Å². The molecule has 2 atom stereocenters. The van der Waals surface area contributed by atoms with E-state index in [9.17, 15) is 0 Å². The van der Waals surface area contributed by atoms with Crippen LogP contribution in [0.2, 0.25) is 0 Å². The van der Waals surface area contributed by atoms with E-state index in [4.69, 9.17) is 5.73 Å². The van der Waals surface area contributed by atoms with Crippen LogP contribution in [-0.2, 0) is 7.05 Å². The molecule has 0 aromatic carbocycles. The number of nitrogens with zero attached hydrogens (tertiary/aromatic N) is 3. The summed E-state index contributed by atoms with van der Waals surface area (Å²) in [5, 5.41) is 0. The molecule has 0 radical (unpaired) electrons. The molecule has 0 unspecified atom stereocenters. The summed E-state index contributed by atoms with van der Waals surface area (Å²) in [7, 11) is 2.03. The first-order valence-corrected chi connectivity index (χ1v) is 5.59. The van der Waals surface area contributed by atoms with Crippen molar-refractivity contribution in [3.05, 3.63) is 18.2 Å². The average molecular weight is 208 g/mol. The maximum absolute atomic E-state index is 6.18. The molecule has 1 aromatic rings.